The van der Waals surface area contributed by atoms with Crippen molar-refractivity contribution in [2.45, 2.75) is 131 Å². The zero-order valence-electron chi connectivity index (χ0n) is 36.3. The largest absolute Gasteiger partial charge is 4.00 e. The van der Waals surface area contributed by atoms with Crippen LogP contribution in [-0.4, -0.2) is 24.9 Å². The fraction of sp³-hybridized carbons (Fsp3) is 0.520. The summed E-state index contributed by atoms with van der Waals surface area (Å²) >= 11 is 0. The van der Waals surface area contributed by atoms with E-state index < -0.39 is 34.1 Å². The van der Waals surface area contributed by atoms with E-state index in [0.717, 1.165) is 77.0 Å². The van der Waals surface area contributed by atoms with Crippen LogP contribution in [0.15, 0.2) is 84.9 Å². The minimum atomic E-state index is -0.786. The maximum absolute atomic E-state index is 14.3. The van der Waals surface area contributed by atoms with Crippen LogP contribution in [0.25, 0.3) is 0 Å². The summed E-state index contributed by atoms with van der Waals surface area (Å²) in [5.41, 5.74) is -0.832. The Balaban J connectivity index is 0.000000323. The predicted octanol–water partition coefficient (Wildman–Crippen LogP) is 13.8. The molecule has 6 rings (SSSR count). The van der Waals surface area contributed by atoms with Crippen LogP contribution in [0.3, 0.4) is 0 Å². The van der Waals surface area contributed by atoms with Gasteiger partial charge in [-0.25, -0.2) is 41.8 Å². The summed E-state index contributed by atoms with van der Waals surface area (Å²) < 4.78 is 55.1. The van der Waals surface area contributed by atoms with Gasteiger partial charge in [0, 0.05) is 47.2 Å². The average Bonchev–Trinajstić information content (AvgIpc) is 3.98. The molecule has 0 bridgehead atoms. The minimum absolute atomic E-state index is 0. The minimum Gasteiger partial charge on any atom is -0.363 e. The molecule has 2 aliphatic rings. The maximum Gasteiger partial charge on any atom is 4.00 e. The van der Waals surface area contributed by atoms with Crippen molar-refractivity contribution in [3.63, 3.8) is 0 Å². The molecule has 0 heterocycles. The number of nitrogens with zero attached hydrogens (tertiary/aromatic N) is 2. The SMILES string of the molecule is CCCC(C)(C)C(=O)N(CC1CCCCC1)c1ccc(F)[c-]c1F.CCCC(C)(C)C(=O)N(CC1CCCCC1)c1ccc(F)[c-]c1F.[Ti+4].c1cc[cH-]c1.c1cc[cH-]c1. The Hall–Kier alpha value is -3.49. The van der Waals surface area contributed by atoms with E-state index in [4.69, 9.17) is 0 Å². The van der Waals surface area contributed by atoms with E-state index in [9.17, 15) is 27.2 Å². The molecule has 2 aliphatic carbocycles. The van der Waals surface area contributed by atoms with Crippen molar-refractivity contribution in [1.29, 1.82) is 0 Å². The quantitative estimate of drug-likeness (QED) is 0.0809. The summed E-state index contributed by atoms with van der Waals surface area (Å²) in [6.45, 7) is 12.7. The van der Waals surface area contributed by atoms with Crippen LogP contribution in [0.2, 0.25) is 0 Å². The third-order valence-electron chi connectivity index (χ3n) is 11.1. The van der Waals surface area contributed by atoms with Crippen LogP contribution in [0, 0.1) is 58.1 Å². The van der Waals surface area contributed by atoms with Crippen molar-refractivity contribution in [3.8, 4) is 0 Å². The molecular formula is C50H66F4N2O2Ti. The molecular weight excluding hydrogens is 784 g/mol. The van der Waals surface area contributed by atoms with Crippen LogP contribution in [0.4, 0.5) is 28.9 Å². The van der Waals surface area contributed by atoms with Gasteiger partial charge in [-0.05, 0) is 61.7 Å². The van der Waals surface area contributed by atoms with Gasteiger partial charge in [-0.15, -0.1) is 36.4 Å². The standard InChI is InChI=1S/2C20H28F2NO.2C5H5.Ti/c2*1-4-12-20(2,3)19(24)23(14-15-8-6-5-7-9-15)18-11-10-16(21)13-17(18)22;2*1-2-4-5-3-1;/h2*10-11,15H,4-9,12,14H2,1-3H3;2*1-5H;/q4*-1;+4. The summed E-state index contributed by atoms with van der Waals surface area (Å²) in [6, 6.07) is 29.2. The Labute approximate surface area is 367 Å². The first-order valence-corrected chi connectivity index (χ1v) is 21.4. The van der Waals surface area contributed by atoms with Gasteiger partial charge in [-0.2, -0.15) is 36.4 Å². The Morgan fingerprint density at radius 1 is 0.593 bits per heavy atom. The Kier molecular flexibility index (Phi) is 23.3. The molecule has 0 unspecified atom stereocenters. The van der Waals surface area contributed by atoms with E-state index in [1.54, 1.807) is 0 Å². The molecule has 4 aromatic rings. The molecule has 0 aromatic heterocycles. The molecule has 0 radical (unpaired) electrons. The predicted molar refractivity (Wildman–Crippen MR) is 230 cm³/mol. The van der Waals surface area contributed by atoms with Crippen LogP contribution in [-0.2, 0) is 31.3 Å². The second kappa shape index (κ2) is 26.7. The van der Waals surface area contributed by atoms with Gasteiger partial charge >= 0.3 is 21.7 Å². The topological polar surface area (TPSA) is 40.6 Å². The van der Waals surface area contributed by atoms with Gasteiger partial charge in [-0.1, -0.05) is 92.9 Å². The van der Waals surface area contributed by atoms with E-state index in [1.165, 1.54) is 46.9 Å². The van der Waals surface area contributed by atoms with E-state index in [1.807, 2.05) is 102 Å². The van der Waals surface area contributed by atoms with Gasteiger partial charge in [0.1, 0.15) is 0 Å². The summed E-state index contributed by atoms with van der Waals surface area (Å²) in [5.74, 6) is -2.47. The molecule has 2 saturated carbocycles. The third-order valence-corrected chi connectivity index (χ3v) is 11.1. The molecule has 0 saturated heterocycles. The molecule has 0 N–H and O–H groups in total. The number of halogens is 4. The zero-order chi connectivity index (χ0) is 42.6. The first-order chi connectivity index (χ1) is 27.7. The Bertz CT molecular complexity index is 1570. The fourth-order valence-electron chi connectivity index (χ4n) is 7.96. The molecule has 4 nitrogen and oxygen atoms in total. The van der Waals surface area contributed by atoms with Gasteiger partial charge in [0.2, 0.25) is 11.8 Å². The van der Waals surface area contributed by atoms with Crippen LogP contribution in [0.1, 0.15) is 131 Å². The molecule has 0 spiro atoms. The number of rotatable bonds is 12. The molecule has 2 amide bonds. The van der Waals surface area contributed by atoms with Crippen molar-refractivity contribution in [3.05, 3.63) is 120 Å². The van der Waals surface area contributed by atoms with Gasteiger partial charge in [-0.3, -0.25) is 9.59 Å². The van der Waals surface area contributed by atoms with E-state index >= 15 is 0 Å². The number of anilines is 2. The Morgan fingerprint density at radius 3 is 1.17 bits per heavy atom. The number of carbonyl (C=O) groups excluding carboxylic acids is 2. The van der Waals surface area contributed by atoms with Crippen molar-refractivity contribution in [1.82, 2.24) is 0 Å². The van der Waals surface area contributed by atoms with Gasteiger partial charge in [0.15, 0.2) is 0 Å². The summed E-state index contributed by atoms with van der Waals surface area (Å²) in [7, 11) is 0. The first-order valence-electron chi connectivity index (χ1n) is 21.4. The maximum atomic E-state index is 14.3. The number of carbonyl (C=O) groups is 2. The van der Waals surface area contributed by atoms with Gasteiger partial charge in [0.05, 0.1) is 0 Å². The number of amides is 2. The molecule has 320 valence electrons. The first kappa shape index (κ1) is 51.7. The number of benzene rings is 2. The van der Waals surface area contributed by atoms with E-state index in [2.05, 4.69) is 12.1 Å². The van der Waals surface area contributed by atoms with Gasteiger partial charge < -0.3 is 9.80 Å². The van der Waals surface area contributed by atoms with Crippen LogP contribution < -0.4 is 9.80 Å². The normalized spacial score (nSPS) is 14.5. The van der Waals surface area contributed by atoms with E-state index in [0.29, 0.717) is 24.9 Å². The molecule has 0 atom stereocenters. The molecule has 0 aliphatic heterocycles. The molecule has 59 heavy (non-hydrogen) atoms. The summed E-state index contributed by atoms with van der Waals surface area (Å²) in [6.07, 6.45) is 14.6. The molecule has 2 fully saturated rings. The zero-order valence-corrected chi connectivity index (χ0v) is 37.8. The van der Waals surface area contributed by atoms with Crippen molar-refractivity contribution >= 4 is 23.2 Å². The second-order valence-corrected chi connectivity index (χ2v) is 17.0. The fourth-order valence-corrected chi connectivity index (χ4v) is 7.96. The van der Waals surface area contributed by atoms with E-state index in [-0.39, 0.29) is 44.9 Å². The van der Waals surface area contributed by atoms with Gasteiger partial charge in [0.25, 0.3) is 0 Å². The summed E-state index contributed by atoms with van der Waals surface area (Å²) in [4.78, 5) is 29.3. The monoisotopic (exact) mass is 850 g/mol. The Morgan fingerprint density at radius 2 is 0.915 bits per heavy atom. The average molecular weight is 851 g/mol. The molecule has 4 aromatic carbocycles. The second-order valence-electron chi connectivity index (χ2n) is 17.0. The smallest absolute Gasteiger partial charge is 0.363 e. The van der Waals surface area contributed by atoms with Crippen molar-refractivity contribution in [2.24, 2.45) is 22.7 Å². The van der Waals surface area contributed by atoms with Crippen LogP contribution in [0.5, 0.6) is 0 Å². The summed E-state index contributed by atoms with van der Waals surface area (Å²) in [5, 5.41) is 0. The molecule has 9 heteroatoms. The number of hydrogen-bond donors (Lipinski definition) is 0. The number of hydrogen-bond acceptors (Lipinski definition) is 2. The van der Waals surface area contributed by atoms with Crippen LogP contribution >= 0.6 is 0 Å². The van der Waals surface area contributed by atoms with Crippen molar-refractivity contribution < 1.29 is 48.9 Å². The van der Waals surface area contributed by atoms with Crippen molar-refractivity contribution in [2.75, 3.05) is 22.9 Å². The third kappa shape index (κ3) is 17.6.